The average molecular weight is 398 g/mol. The molecule has 0 spiro atoms. The van der Waals surface area contributed by atoms with Crippen LogP contribution in [0.15, 0.2) is 46.8 Å². The van der Waals surface area contributed by atoms with E-state index in [9.17, 15) is 18.8 Å². The van der Waals surface area contributed by atoms with E-state index in [1.54, 1.807) is 17.0 Å². The molecule has 1 aliphatic carbocycles. The van der Waals surface area contributed by atoms with Gasteiger partial charge in [0, 0.05) is 36.7 Å². The zero-order valence-corrected chi connectivity index (χ0v) is 16.7. The number of methoxy groups -OCH3 is 1. The average Bonchev–Trinajstić information content (AvgIpc) is 2.67. The Bertz CT molecular complexity index is 975. The second-order valence-electron chi connectivity index (χ2n) is 8.45. The Hall–Kier alpha value is -2.96. The summed E-state index contributed by atoms with van der Waals surface area (Å²) >= 11 is 0. The molecular weight excluding hydrogens is 375 g/mol. The molecule has 0 saturated carbocycles. The van der Waals surface area contributed by atoms with Gasteiger partial charge >= 0.3 is 5.97 Å². The lowest BCUT2D eigenvalue weighted by Crippen LogP contribution is -2.51. The number of hydrogen-bond acceptors (Lipinski definition) is 5. The molecule has 1 N–H and O–H groups in total. The second kappa shape index (κ2) is 6.83. The van der Waals surface area contributed by atoms with E-state index in [1.165, 1.54) is 19.2 Å². The molecule has 0 unspecified atom stereocenters. The van der Waals surface area contributed by atoms with Crippen LogP contribution in [0.25, 0.3) is 0 Å². The lowest BCUT2D eigenvalue weighted by atomic mass is 9.68. The van der Waals surface area contributed by atoms with Crippen molar-refractivity contribution in [2.24, 2.45) is 5.41 Å². The first-order valence-electron chi connectivity index (χ1n) is 9.63. The first kappa shape index (κ1) is 19.4. The molecule has 152 valence electrons. The van der Waals surface area contributed by atoms with E-state index >= 15 is 0 Å². The Balaban J connectivity index is 2.01. The number of benzene rings is 1. The van der Waals surface area contributed by atoms with Crippen molar-refractivity contribution in [1.29, 1.82) is 0 Å². The summed E-state index contributed by atoms with van der Waals surface area (Å²) in [5, 5.41) is 2.78. The summed E-state index contributed by atoms with van der Waals surface area (Å²) in [5.74, 6) is -2.28. The van der Waals surface area contributed by atoms with Crippen molar-refractivity contribution in [3.8, 4) is 0 Å². The molecule has 1 atom stereocenters. The zero-order valence-electron chi connectivity index (χ0n) is 16.7. The van der Waals surface area contributed by atoms with Gasteiger partial charge in [-0.25, -0.2) is 9.18 Å². The molecule has 0 bridgehead atoms. The van der Waals surface area contributed by atoms with Crippen LogP contribution < -0.4 is 5.32 Å². The number of nitrogens with one attached hydrogen (secondary N) is 1. The fourth-order valence-electron chi connectivity index (χ4n) is 4.60. The van der Waals surface area contributed by atoms with Crippen molar-refractivity contribution in [3.63, 3.8) is 0 Å². The molecule has 4 rings (SSSR count). The van der Waals surface area contributed by atoms with Crippen LogP contribution in [0.4, 0.5) is 4.39 Å². The first-order valence-corrected chi connectivity index (χ1v) is 9.63. The molecule has 3 aliphatic rings. The van der Waals surface area contributed by atoms with Crippen molar-refractivity contribution in [2.75, 3.05) is 20.2 Å². The van der Waals surface area contributed by atoms with Gasteiger partial charge in [-0.15, -0.1) is 0 Å². The van der Waals surface area contributed by atoms with Gasteiger partial charge in [-0.1, -0.05) is 26.0 Å². The largest absolute Gasteiger partial charge is 0.466 e. The summed E-state index contributed by atoms with van der Waals surface area (Å²) in [7, 11) is 1.25. The number of Topliss-reactive ketones (excluding diaryl/α,β-unsaturated/α-hetero) is 1. The number of allylic oxidation sites excluding steroid dienone is 2. The third-order valence-corrected chi connectivity index (χ3v) is 5.77. The van der Waals surface area contributed by atoms with Crippen LogP contribution in [-0.4, -0.2) is 42.8 Å². The van der Waals surface area contributed by atoms with Gasteiger partial charge < -0.3 is 15.0 Å². The zero-order chi connectivity index (χ0) is 20.9. The molecule has 2 heterocycles. The maximum atomic E-state index is 13.6. The van der Waals surface area contributed by atoms with Gasteiger partial charge in [0.2, 0.25) is 0 Å². The molecule has 1 aromatic carbocycles. The Morgan fingerprint density at radius 1 is 1.21 bits per heavy atom. The van der Waals surface area contributed by atoms with E-state index in [1.807, 2.05) is 13.8 Å². The maximum absolute atomic E-state index is 13.6. The molecular formula is C22H23FN2O4. The van der Waals surface area contributed by atoms with Crippen LogP contribution in [0.2, 0.25) is 0 Å². The second-order valence-corrected chi connectivity index (χ2v) is 8.45. The van der Waals surface area contributed by atoms with Gasteiger partial charge in [-0.05, 0) is 29.5 Å². The van der Waals surface area contributed by atoms with Crippen molar-refractivity contribution >= 4 is 17.7 Å². The smallest absolute Gasteiger partial charge is 0.337 e. The third-order valence-electron chi connectivity index (χ3n) is 5.77. The highest BCUT2D eigenvalue weighted by molar-refractivity contribution is 6.09. The molecule has 2 aliphatic heterocycles. The number of esters is 1. The number of hydrogen-bond donors (Lipinski definition) is 1. The van der Waals surface area contributed by atoms with Crippen LogP contribution in [0.1, 0.15) is 38.2 Å². The summed E-state index contributed by atoms with van der Waals surface area (Å²) < 4.78 is 18.6. The number of nitrogens with zero attached hydrogens (tertiary/aromatic N) is 1. The molecule has 1 amide bonds. The Morgan fingerprint density at radius 3 is 2.55 bits per heavy atom. The molecule has 6 nitrogen and oxygen atoms in total. The third kappa shape index (κ3) is 3.14. The van der Waals surface area contributed by atoms with Gasteiger partial charge in [-0.3, -0.25) is 9.59 Å². The van der Waals surface area contributed by atoms with E-state index in [0.717, 1.165) is 5.70 Å². The van der Waals surface area contributed by atoms with E-state index in [2.05, 4.69) is 5.32 Å². The number of ether oxygens (including phenoxy) is 1. The topological polar surface area (TPSA) is 75.7 Å². The minimum absolute atomic E-state index is 0.0583. The predicted molar refractivity (Wildman–Crippen MR) is 103 cm³/mol. The van der Waals surface area contributed by atoms with Gasteiger partial charge in [0.05, 0.1) is 12.7 Å². The molecule has 1 fully saturated rings. The van der Waals surface area contributed by atoms with Crippen LogP contribution in [-0.2, 0) is 19.1 Å². The summed E-state index contributed by atoms with van der Waals surface area (Å²) in [6.07, 6.45) is 0.949. The maximum Gasteiger partial charge on any atom is 0.337 e. The lowest BCUT2D eigenvalue weighted by Gasteiger charge is -2.46. The van der Waals surface area contributed by atoms with Crippen molar-refractivity contribution in [3.05, 3.63) is 58.2 Å². The molecule has 1 aromatic rings. The Kier molecular flexibility index (Phi) is 4.56. The van der Waals surface area contributed by atoms with E-state index in [0.29, 0.717) is 37.1 Å². The van der Waals surface area contributed by atoms with Gasteiger partial charge in [-0.2, -0.15) is 0 Å². The Labute approximate surface area is 168 Å². The number of carbonyl (C=O) groups excluding carboxylic acids is 3. The van der Waals surface area contributed by atoms with Crippen molar-refractivity contribution < 1.29 is 23.5 Å². The standard InChI is InChI=1S/C22H23FN2O4/c1-22(2)10-14-17(15(26)11-22)16(12-4-6-13(23)7-5-12)18(21(28)29-3)19-20(27)24-8-9-25(14)19/h4-7,16H,8-11H2,1-3H3,(H,24,27)/t16-/m0/s1. The molecule has 0 radical (unpaired) electrons. The molecule has 29 heavy (non-hydrogen) atoms. The van der Waals surface area contributed by atoms with Gasteiger partial charge in [0.15, 0.2) is 5.78 Å². The highest BCUT2D eigenvalue weighted by Crippen LogP contribution is 2.50. The van der Waals surface area contributed by atoms with Gasteiger partial charge in [0.25, 0.3) is 5.91 Å². The van der Waals surface area contributed by atoms with E-state index in [-0.39, 0.29) is 28.4 Å². The van der Waals surface area contributed by atoms with Crippen molar-refractivity contribution in [1.82, 2.24) is 10.2 Å². The highest BCUT2D eigenvalue weighted by atomic mass is 19.1. The summed E-state index contributed by atoms with van der Waals surface area (Å²) in [5.41, 5.74) is 1.96. The normalized spacial score (nSPS) is 23.4. The van der Waals surface area contributed by atoms with Crippen LogP contribution in [0, 0.1) is 11.2 Å². The first-order chi connectivity index (χ1) is 13.7. The van der Waals surface area contributed by atoms with Crippen LogP contribution >= 0.6 is 0 Å². The SMILES string of the molecule is COC(=O)C1=C2C(=O)NCCN2C2=C(C(=O)CC(C)(C)C2)[C@@H]1c1ccc(F)cc1. The van der Waals surface area contributed by atoms with E-state index < -0.39 is 17.7 Å². The number of amides is 1. The number of halogens is 1. The number of piperazine rings is 1. The number of ketones is 1. The number of rotatable bonds is 2. The number of fused-ring (bicyclic) bond motifs is 2. The lowest BCUT2D eigenvalue weighted by molar-refractivity contribution is -0.137. The quantitative estimate of drug-likeness (QED) is 0.775. The number of carbonyl (C=O) groups is 3. The molecule has 0 aromatic heterocycles. The fraction of sp³-hybridized carbons (Fsp3) is 0.409. The van der Waals surface area contributed by atoms with Crippen LogP contribution in [0.5, 0.6) is 0 Å². The predicted octanol–water partition coefficient (Wildman–Crippen LogP) is 2.43. The monoisotopic (exact) mass is 398 g/mol. The van der Waals surface area contributed by atoms with Crippen molar-refractivity contribution in [2.45, 2.75) is 32.6 Å². The fourth-order valence-corrected chi connectivity index (χ4v) is 4.60. The molecule has 7 heteroatoms. The minimum Gasteiger partial charge on any atom is -0.466 e. The summed E-state index contributed by atoms with van der Waals surface area (Å²) in [6.45, 7) is 4.93. The minimum atomic E-state index is -0.767. The summed E-state index contributed by atoms with van der Waals surface area (Å²) in [6, 6.07) is 5.69. The van der Waals surface area contributed by atoms with Crippen LogP contribution in [0.3, 0.4) is 0 Å². The molecule has 1 saturated heterocycles. The Morgan fingerprint density at radius 2 is 1.90 bits per heavy atom. The van der Waals surface area contributed by atoms with Gasteiger partial charge in [0.1, 0.15) is 11.5 Å². The van der Waals surface area contributed by atoms with E-state index in [4.69, 9.17) is 4.74 Å². The summed E-state index contributed by atoms with van der Waals surface area (Å²) in [4.78, 5) is 40.7. The highest BCUT2D eigenvalue weighted by Gasteiger charge is 2.48.